The highest BCUT2D eigenvalue weighted by molar-refractivity contribution is 7.60. The van der Waals surface area contributed by atoms with Crippen LogP contribution in [0, 0.1) is 0 Å². The molecule has 0 saturated heterocycles. The van der Waals surface area contributed by atoms with E-state index >= 15 is 0 Å². The number of rotatable bonds is 4. The first-order valence-corrected chi connectivity index (χ1v) is 8.36. The van der Waals surface area contributed by atoms with Gasteiger partial charge >= 0.3 is 7.60 Å². The molecule has 0 aliphatic heterocycles. The fourth-order valence-electron chi connectivity index (χ4n) is 2.46. The van der Waals surface area contributed by atoms with E-state index in [1.165, 1.54) is 6.07 Å². The van der Waals surface area contributed by atoms with Gasteiger partial charge in [0.15, 0.2) is 0 Å². The lowest BCUT2D eigenvalue weighted by atomic mass is 10.2. The Morgan fingerprint density at radius 3 is 2.65 bits per heavy atom. The fourth-order valence-corrected chi connectivity index (χ4v) is 3.25. The SMILES string of the molecule is NC(=O)c1ccc2c(c1)ncn2Cc1ccccc1P(=O)(O)O. The first-order valence-electron chi connectivity index (χ1n) is 6.75. The molecule has 0 saturated carbocycles. The minimum atomic E-state index is -4.35. The lowest BCUT2D eigenvalue weighted by Gasteiger charge is -2.12. The number of benzene rings is 2. The number of carbonyl (C=O) groups is 1. The van der Waals surface area contributed by atoms with Crippen molar-refractivity contribution in [2.24, 2.45) is 5.73 Å². The van der Waals surface area contributed by atoms with Crippen LogP contribution >= 0.6 is 7.60 Å². The van der Waals surface area contributed by atoms with Crippen molar-refractivity contribution in [3.8, 4) is 0 Å². The molecule has 1 aromatic heterocycles. The standard InChI is InChI=1S/C15H14N3O4P/c16-15(19)10-5-6-13-12(7-10)17-9-18(13)8-11-3-1-2-4-14(11)23(20,21)22/h1-7,9H,8H2,(H2,16,19)(H2,20,21,22). The van der Waals surface area contributed by atoms with Crippen molar-refractivity contribution in [2.75, 3.05) is 0 Å². The Kier molecular flexibility index (Phi) is 3.77. The highest BCUT2D eigenvalue weighted by atomic mass is 31.2. The molecule has 0 spiro atoms. The number of imidazole rings is 1. The van der Waals surface area contributed by atoms with Gasteiger partial charge in [0.05, 0.1) is 22.7 Å². The van der Waals surface area contributed by atoms with Crippen molar-refractivity contribution < 1.29 is 19.1 Å². The van der Waals surface area contributed by atoms with E-state index in [0.717, 1.165) is 5.52 Å². The molecular weight excluding hydrogens is 317 g/mol. The van der Waals surface area contributed by atoms with Crippen LogP contribution in [0.3, 0.4) is 0 Å². The van der Waals surface area contributed by atoms with E-state index < -0.39 is 13.5 Å². The van der Waals surface area contributed by atoms with E-state index in [0.29, 0.717) is 16.6 Å². The summed E-state index contributed by atoms with van der Waals surface area (Å²) in [6, 6.07) is 11.3. The molecule has 3 aromatic rings. The largest absolute Gasteiger partial charge is 0.366 e. The van der Waals surface area contributed by atoms with Crippen molar-refractivity contribution in [1.29, 1.82) is 0 Å². The number of amides is 1. The maximum atomic E-state index is 11.6. The molecule has 118 valence electrons. The third kappa shape index (κ3) is 3.03. The molecule has 3 rings (SSSR count). The smallest absolute Gasteiger partial charge is 0.356 e. The van der Waals surface area contributed by atoms with Crippen LogP contribution in [-0.4, -0.2) is 25.2 Å². The Balaban J connectivity index is 2.03. The monoisotopic (exact) mass is 331 g/mol. The van der Waals surface area contributed by atoms with Crippen LogP contribution in [0.1, 0.15) is 15.9 Å². The summed E-state index contributed by atoms with van der Waals surface area (Å²) in [6.45, 7) is 0.258. The fraction of sp³-hybridized carbons (Fsp3) is 0.0667. The number of primary amides is 1. The third-order valence-corrected chi connectivity index (χ3v) is 4.62. The molecule has 0 aliphatic rings. The molecule has 0 fully saturated rings. The van der Waals surface area contributed by atoms with Crippen molar-refractivity contribution in [1.82, 2.24) is 9.55 Å². The first-order chi connectivity index (χ1) is 10.9. The molecule has 1 heterocycles. The number of carbonyl (C=O) groups excluding carboxylic acids is 1. The van der Waals surface area contributed by atoms with E-state index in [2.05, 4.69) is 4.98 Å². The summed E-state index contributed by atoms with van der Waals surface area (Å²) in [5.74, 6) is -0.534. The van der Waals surface area contributed by atoms with E-state index in [9.17, 15) is 19.1 Å². The van der Waals surface area contributed by atoms with Crippen LogP contribution in [0.2, 0.25) is 0 Å². The molecule has 0 bridgehead atoms. The normalized spacial score (nSPS) is 11.7. The molecule has 0 aliphatic carbocycles. The second-order valence-electron chi connectivity index (χ2n) is 5.11. The predicted molar refractivity (Wildman–Crippen MR) is 85.5 cm³/mol. The summed E-state index contributed by atoms with van der Waals surface area (Å²) in [7, 11) is -4.35. The topological polar surface area (TPSA) is 118 Å². The second-order valence-corrected chi connectivity index (χ2v) is 6.68. The molecule has 8 heteroatoms. The van der Waals surface area contributed by atoms with Crippen LogP contribution in [-0.2, 0) is 11.1 Å². The van der Waals surface area contributed by atoms with Crippen LogP contribution in [0.25, 0.3) is 11.0 Å². The number of nitrogens with two attached hydrogens (primary N) is 1. The van der Waals surface area contributed by atoms with Gasteiger partial charge in [0, 0.05) is 12.1 Å². The quantitative estimate of drug-likeness (QED) is 0.616. The summed E-state index contributed by atoms with van der Waals surface area (Å²) in [6.07, 6.45) is 1.56. The summed E-state index contributed by atoms with van der Waals surface area (Å²) in [5, 5.41) is -0.00407. The van der Waals surface area contributed by atoms with Gasteiger partial charge in [-0.25, -0.2) is 4.98 Å². The molecule has 1 amide bonds. The van der Waals surface area contributed by atoms with Gasteiger partial charge in [0.1, 0.15) is 0 Å². The molecule has 0 atom stereocenters. The third-order valence-electron chi connectivity index (χ3n) is 3.55. The summed E-state index contributed by atoms with van der Waals surface area (Å²) in [4.78, 5) is 34.3. The lowest BCUT2D eigenvalue weighted by Crippen LogP contribution is -2.13. The molecule has 23 heavy (non-hydrogen) atoms. The Hall–Kier alpha value is -2.47. The maximum absolute atomic E-state index is 11.6. The van der Waals surface area contributed by atoms with Crippen molar-refractivity contribution in [3.05, 3.63) is 59.9 Å². The van der Waals surface area contributed by atoms with E-state index in [4.69, 9.17) is 5.73 Å². The van der Waals surface area contributed by atoms with Gasteiger partial charge in [-0.15, -0.1) is 0 Å². The zero-order valence-electron chi connectivity index (χ0n) is 12.0. The number of nitrogens with zero attached hydrogens (tertiary/aromatic N) is 2. The number of hydrogen-bond donors (Lipinski definition) is 3. The van der Waals surface area contributed by atoms with Crippen molar-refractivity contribution in [3.63, 3.8) is 0 Å². The summed E-state index contributed by atoms with van der Waals surface area (Å²) < 4.78 is 13.3. The summed E-state index contributed by atoms with van der Waals surface area (Å²) >= 11 is 0. The molecule has 0 radical (unpaired) electrons. The number of hydrogen-bond acceptors (Lipinski definition) is 3. The van der Waals surface area contributed by atoms with Crippen LogP contribution in [0.5, 0.6) is 0 Å². The molecule has 4 N–H and O–H groups in total. The summed E-state index contributed by atoms with van der Waals surface area (Å²) in [5.41, 5.74) is 7.45. The second kappa shape index (κ2) is 5.62. The Labute approximate surface area is 131 Å². The van der Waals surface area contributed by atoms with Gasteiger partial charge in [-0.3, -0.25) is 9.36 Å². The Bertz CT molecular complexity index is 945. The van der Waals surface area contributed by atoms with Gasteiger partial charge in [0.2, 0.25) is 5.91 Å². The molecule has 7 nitrogen and oxygen atoms in total. The molecule has 0 unspecified atom stereocenters. The Morgan fingerprint density at radius 2 is 1.96 bits per heavy atom. The van der Waals surface area contributed by atoms with Crippen molar-refractivity contribution in [2.45, 2.75) is 6.54 Å². The van der Waals surface area contributed by atoms with Crippen LogP contribution in [0.15, 0.2) is 48.8 Å². The van der Waals surface area contributed by atoms with Crippen molar-refractivity contribution >= 4 is 29.8 Å². The Morgan fingerprint density at radius 1 is 1.22 bits per heavy atom. The average molecular weight is 331 g/mol. The number of fused-ring (bicyclic) bond motifs is 1. The minimum Gasteiger partial charge on any atom is -0.366 e. The van der Waals surface area contributed by atoms with Gasteiger partial charge in [-0.05, 0) is 29.8 Å². The maximum Gasteiger partial charge on any atom is 0.356 e. The predicted octanol–water partition coefficient (Wildman–Crippen LogP) is 0.986. The first kappa shape index (κ1) is 15.4. The highest BCUT2D eigenvalue weighted by Crippen LogP contribution is 2.34. The van der Waals surface area contributed by atoms with Gasteiger partial charge in [-0.1, -0.05) is 18.2 Å². The van der Waals surface area contributed by atoms with Gasteiger partial charge < -0.3 is 20.1 Å². The minimum absolute atomic E-state index is 0.00407. The van der Waals surface area contributed by atoms with E-state index in [1.807, 2.05) is 0 Å². The van der Waals surface area contributed by atoms with E-state index in [1.54, 1.807) is 47.3 Å². The molecule has 2 aromatic carbocycles. The molecular formula is C15H14N3O4P. The van der Waals surface area contributed by atoms with E-state index in [-0.39, 0.29) is 11.8 Å². The highest BCUT2D eigenvalue weighted by Gasteiger charge is 2.21. The lowest BCUT2D eigenvalue weighted by molar-refractivity contribution is 0.100. The van der Waals surface area contributed by atoms with Crippen LogP contribution in [0.4, 0.5) is 0 Å². The van der Waals surface area contributed by atoms with Gasteiger partial charge in [0.25, 0.3) is 0 Å². The van der Waals surface area contributed by atoms with Crippen LogP contribution < -0.4 is 11.0 Å². The average Bonchev–Trinajstić information content (AvgIpc) is 2.89. The zero-order chi connectivity index (χ0) is 16.6. The number of aromatic nitrogens is 2. The van der Waals surface area contributed by atoms with Gasteiger partial charge in [-0.2, -0.15) is 0 Å². The zero-order valence-corrected chi connectivity index (χ0v) is 12.9.